The standard InChI is InChI=1S/C15H18N2O.ClHO4/c1-13-7-3-5-9-16(13)11-15(18)12-17-10-6-4-8-14(17)2;2-1(3,4)5/h3-10H,11-12H2,1-2H3;(H,2,3,4,5)/q+2;/p-1. The number of rotatable bonds is 4. The topological polar surface area (TPSA) is 117 Å². The normalized spacial score (nSPS) is 10.7. The number of ketones is 1. The Labute approximate surface area is 136 Å². The smallest absolute Gasteiger partial charge is 0.261 e. The predicted octanol–water partition coefficient (Wildman–Crippen LogP) is -3.61. The van der Waals surface area contributed by atoms with Crippen LogP contribution in [0.4, 0.5) is 0 Å². The molecule has 2 heterocycles. The van der Waals surface area contributed by atoms with Crippen LogP contribution in [0.5, 0.6) is 0 Å². The molecule has 0 fully saturated rings. The predicted molar refractivity (Wildman–Crippen MR) is 67.8 cm³/mol. The lowest BCUT2D eigenvalue weighted by atomic mass is 10.3. The average molecular weight is 342 g/mol. The third kappa shape index (κ3) is 8.34. The fourth-order valence-corrected chi connectivity index (χ4v) is 1.91. The number of hydrogen-bond donors (Lipinski definition) is 0. The first-order valence-corrected chi connectivity index (χ1v) is 7.94. The highest BCUT2D eigenvalue weighted by molar-refractivity contribution is 5.75. The summed E-state index contributed by atoms with van der Waals surface area (Å²) >= 11 is 0. The summed E-state index contributed by atoms with van der Waals surface area (Å²) in [6.45, 7) is 4.87. The van der Waals surface area contributed by atoms with Gasteiger partial charge in [-0.3, -0.25) is 4.79 Å². The van der Waals surface area contributed by atoms with Crippen LogP contribution < -0.4 is 27.8 Å². The van der Waals surface area contributed by atoms with E-state index in [0.29, 0.717) is 13.1 Å². The summed E-state index contributed by atoms with van der Waals surface area (Å²) < 4.78 is 37.9. The van der Waals surface area contributed by atoms with E-state index in [1.807, 2.05) is 71.8 Å². The molecule has 23 heavy (non-hydrogen) atoms. The van der Waals surface area contributed by atoms with Crippen LogP contribution in [0.25, 0.3) is 0 Å². The molecular weight excluding hydrogens is 324 g/mol. The molecule has 0 amide bonds. The van der Waals surface area contributed by atoms with Gasteiger partial charge in [0.15, 0.2) is 23.8 Å². The summed E-state index contributed by atoms with van der Waals surface area (Å²) in [5.74, 6) is 0.202. The zero-order valence-electron chi connectivity index (χ0n) is 12.8. The molecule has 0 aliphatic carbocycles. The van der Waals surface area contributed by atoms with E-state index >= 15 is 0 Å². The van der Waals surface area contributed by atoms with Gasteiger partial charge in [-0.15, -0.1) is 10.2 Å². The Bertz CT molecular complexity index is 603. The molecule has 0 spiro atoms. The van der Waals surface area contributed by atoms with Crippen molar-refractivity contribution in [3.05, 3.63) is 60.2 Å². The summed E-state index contributed by atoms with van der Waals surface area (Å²) in [6, 6.07) is 11.9. The third-order valence-corrected chi connectivity index (χ3v) is 3.03. The van der Waals surface area contributed by atoms with Crippen LogP contribution in [0.2, 0.25) is 0 Å². The van der Waals surface area contributed by atoms with Gasteiger partial charge in [0.05, 0.1) is 0 Å². The number of nitrogens with zero attached hydrogens (tertiary/aromatic N) is 2. The van der Waals surface area contributed by atoms with Crippen LogP contribution in [0.3, 0.4) is 0 Å². The van der Waals surface area contributed by atoms with Gasteiger partial charge in [0, 0.05) is 38.1 Å². The molecule has 0 atom stereocenters. The van der Waals surface area contributed by atoms with Crippen LogP contribution >= 0.6 is 0 Å². The Hall–Kier alpha value is -1.90. The van der Waals surface area contributed by atoms with Crippen LogP contribution in [0, 0.1) is 24.1 Å². The van der Waals surface area contributed by atoms with E-state index in [9.17, 15) is 4.79 Å². The van der Waals surface area contributed by atoms with E-state index in [-0.39, 0.29) is 5.78 Å². The largest absolute Gasteiger partial charge is 0.285 e. The van der Waals surface area contributed by atoms with Crippen molar-refractivity contribution in [2.75, 3.05) is 0 Å². The number of Topliss-reactive ketones (excluding diaryl/α,β-unsaturated/α-hetero) is 1. The lowest BCUT2D eigenvalue weighted by Crippen LogP contribution is -2.68. The quantitative estimate of drug-likeness (QED) is 0.532. The van der Waals surface area contributed by atoms with Crippen LogP contribution in [-0.2, 0) is 17.9 Å². The number of aryl methyl sites for hydroxylation is 2. The molecule has 0 aliphatic heterocycles. The molecule has 0 radical (unpaired) electrons. The van der Waals surface area contributed by atoms with Crippen molar-refractivity contribution in [1.82, 2.24) is 0 Å². The monoisotopic (exact) mass is 341 g/mol. The van der Waals surface area contributed by atoms with Crippen LogP contribution in [0.1, 0.15) is 11.4 Å². The van der Waals surface area contributed by atoms with Crippen molar-refractivity contribution in [3.63, 3.8) is 0 Å². The Balaban J connectivity index is 0.000000463. The molecule has 0 aromatic carbocycles. The molecule has 0 saturated heterocycles. The molecule has 0 N–H and O–H groups in total. The van der Waals surface area contributed by atoms with Gasteiger partial charge in [0.1, 0.15) is 0 Å². The van der Waals surface area contributed by atoms with Gasteiger partial charge < -0.3 is 0 Å². The number of hydrogen-bond acceptors (Lipinski definition) is 5. The number of carbonyl (C=O) groups excluding carboxylic acids is 1. The Kier molecular flexibility index (Phi) is 7.21. The Morgan fingerprint density at radius 3 is 1.52 bits per heavy atom. The Morgan fingerprint density at radius 1 is 0.870 bits per heavy atom. The summed E-state index contributed by atoms with van der Waals surface area (Å²) in [7, 11) is -4.94. The molecule has 124 valence electrons. The highest BCUT2D eigenvalue weighted by Gasteiger charge is 2.17. The first kappa shape index (κ1) is 19.1. The molecule has 0 saturated carbocycles. The summed E-state index contributed by atoms with van der Waals surface area (Å²) in [5.41, 5.74) is 2.20. The maximum Gasteiger partial charge on any atom is 0.261 e. The Morgan fingerprint density at radius 2 is 1.22 bits per heavy atom. The second-order valence-electron chi connectivity index (χ2n) is 4.86. The molecular formula is C15H18ClN2O5+. The van der Waals surface area contributed by atoms with Gasteiger partial charge in [0.25, 0.3) is 5.78 Å². The van der Waals surface area contributed by atoms with Gasteiger partial charge in [-0.1, -0.05) is 12.1 Å². The van der Waals surface area contributed by atoms with E-state index in [4.69, 9.17) is 18.6 Å². The number of carbonyl (C=O) groups is 1. The van der Waals surface area contributed by atoms with Crippen molar-refractivity contribution in [2.24, 2.45) is 0 Å². The molecule has 8 heteroatoms. The maximum absolute atomic E-state index is 12.0. The summed E-state index contributed by atoms with van der Waals surface area (Å²) in [6.07, 6.45) is 3.88. The molecule has 0 bridgehead atoms. The van der Waals surface area contributed by atoms with Crippen molar-refractivity contribution in [3.8, 4) is 0 Å². The van der Waals surface area contributed by atoms with Crippen molar-refractivity contribution in [2.45, 2.75) is 26.9 Å². The lowest BCUT2D eigenvalue weighted by Gasteiger charge is -2.17. The van der Waals surface area contributed by atoms with Gasteiger partial charge in [-0.25, -0.2) is 18.6 Å². The molecule has 7 nitrogen and oxygen atoms in total. The van der Waals surface area contributed by atoms with Crippen LogP contribution in [0.15, 0.2) is 48.8 Å². The highest BCUT2D eigenvalue weighted by atomic mass is 35.7. The van der Waals surface area contributed by atoms with Crippen molar-refractivity contribution < 1.29 is 42.8 Å². The van der Waals surface area contributed by atoms with E-state index < -0.39 is 10.2 Å². The van der Waals surface area contributed by atoms with Crippen LogP contribution in [-0.4, -0.2) is 5.78 Å². The minimum Gasteiger partial charge on any atom is -0.285 e. The minimum atomic E-state index is -4.94. The van der Waals surface area contributed by atoms with Gasteiger partial charge in [-0.05, 0) is 0 Å². The minimum absolute atomic E-state index is 0.202. The fourth-order valence-electron chi connectivity index (χ4n) is 1.91. The third-order valence-electron chi connectivity index (χ3n) is 3.03. The zero-order chi connectivity index (χ0) is 17.5. The average Bonchev–Trinajstić information content (AvgIpc) is 2.42. The zero-order valence-corrected chi connectivity index (χ0v) is 13.6. The molecule has 2 aromatic rings. The first-order chi connectivity index (χ1) is 10.7. The number of halogens is 1. The molecule has 2 aromatic heterocycles. The second kappa shape index (κ2) is 8.66. The molecule has 0 unspecified atom stereocenters. The SMILES string of the molecule is Cc1cccc[n+]1CC(=O)C[n+]1ccccc1C.[O-][Cl+3]([O-])([O-])[O-]. The molecule has 0 aliphatic rings. The summed E-state index contributed by atoms with van der Waals surface area (Å²) in [4.78, 5) is 12.0. The van der Waals surface area contributed by atoms with Crippen molar-refractivity contribution in [1.29, 1.82) is 0 Å². The molecule has 2 rings (SSSR count). The maximum atomic E-state index is 12.0. The fraction of sp³-hybridized carbons (Fsp3) is 0.267. The number of aromatic nitrogens is 2. The lowest BCUT2D eigenvalue weighted by molar-refractivity contribution is -2.00. The highest BCUT2D eigenvalue weighted by Crippen LogP contribution is 1.90. The van der Waals surface area contributed by atoms with E-state index in [2.05, 4.69) is 0 Å². The van der Waals surface area contributed by atoms with E-state index in [0.717, 1.165) is 11.4 Å². The van der Waals surface area contributed by atoms with E-state index in [1.165, 1.54) is 0 Å². The van der Waals surface area contributed by atoms with Crippen molar-refractivity contribution >= 4 is 5.78 Å². The first-order valence-electron chi connectivity index (χ1n) is 6.70. The second-order valence-corrected chi connectivity index (χ2v) is 5.61. The van der Waals surface area contributed by atoms with Gasteiger partial charge in [-0.2, -0.15) is 9.13 Å². The van der Waals surface area contributed by atoms with Gasteiger partial charge >= 0.3 is 0 Å². The number of pyridine rings is 2. The van der Waals surface area contributed by atoms with Gasteiger partial charge in [0.2, 0.25) is 13.1 Å². The van der Waals surface area contributed by atoms with E-state index in [1.54, 1.807) is 0 Å². The summed E-state index contributed by atoms with van der Waals surface area (Å²) in [5, 5.41) is 0.